The normalized spacial score (nSPS) is 15.9. The first kappa shape index (κ1) is 25.5. The molecule has 2 aliphatic rings. The molecule has 0 bridgehead atoms. The Balaban J connectivity index is 1.25. The van der Waals surface area contributed by atoms with Crippen molar-refractivity contribution in [2.45, 2.75) is 13.5 Å². The van der Waals surface area contributed by atoms with E-state index in [1.807, 2.05) is 12.1 Å². The Morgan fingerprint density at radius 1 is 1.08 bits per heavy atom. The molecule has 0 atom stereocenters. The number of amides is 1. The molecule has 3 aromatic rings. The van der Waals surface area contributed by atoms with Crippen LogP contribution in [0.1, 0.15) is 22.8 Å². The van der Waals surface area contributed by atoms with Gasteiger partial charge in [-0.2, -0.15) is 4.98 Å². The second kappa shape index (κ2) is 11.5. The van der Waals surface area contributed by atoms with Crippen LogP contribution in [0.15, 0.2) is 42.7 Å². The molecule has 37 heavy (non-hydrogen) atoms. The summed E-state index contributed by atoms with van der Waals surface area (Å²) in [6.07, 6.45) is 1.37. The fraction of sp³-hybridized carbons (Fsp3) is 0.346. The number of hydrogen-bond acceptors (Lipinski definition) is 8. The molecule has 0 unspecified atom stereocenters. The third-order valence-electron chi connectivity index (χ3n) is 6.43. The number of carbonyl (C=O) groups is 1. The number of carbonyl (C=O) groups excluding carboxylic acids is 1. The summed E-state index contributed by atoms with van der Waals surface area (Å²) in [4.78, 5) is 26.2. The number of aromatic nitrogens is 2. The van der Waals surface area contributed by atoms with Crippen molar-refractivity contribution in [2.24, 2.45) is 0 Å². The standard InChI is InChI=1S/C26H28Cl2N6O3/c1-2-33-8-10-34(11-9-33)15-18-3-5-19(14-21(18)28)32-25(35)17-4-6-20(27)22(13-17)37-26-23-24(30-16-31-26)29-7-12-36-23/h3-6,13-14,16H,2,7-12,15H2,1H3,(H,32,35)(H,29,30,31). The number of rotatable bonds is 7. The van der Waals surface area contributed by atoms with Gasteiger partial charge in [-0.15, -0.1) is 0 Å². The van der Waals surface area contributed by atoms with E-state index in [2.05, 4.69) is 37.3 Å². The molecule has 1 aromatic heterocycles. The summed E-state index contributed by atoms with van der Waals surface area (Å²) < 4.78 is 11.6. The Morgan fingerprint density at radius 2 is 1.89 bits per heavy atom. The van der Waals surface area contributed by atoms with Gasteiger partial charge in [0.15, 0.2) is 5.82 Å². The lowest BCUT2D eigenvalue weighted by atomic mass is 10.1. The molecule has 0 spiro atoms. The minimum atomic E-state index is -0.316. The average molecular weight is 543 g/mol. The summed E-state index contributed by atoms with van der Waals surface area (Å²) in [5.74, 6) is 1.13. The minimum Gasteiger partial charge on any atom is -0.483 e. The van der Waals surface area contributed by atoms with Gasteiger partial charge in [0.2, 0.25) is 5.75 Å². The summed E-state index contributed by atoms with van der Waals surface area (Å²) in [6, 6.07) is 10.4. The first-order valence-electron chi connectivity index (χ1n) is 12.2. The second-order valence-corrected chi connectivity index (χ2v) is 9.66. The smallest absolute Gasteiger partial charge is 0.268 e. The van der Waals surface area contributed by atoms with Crippen LogP contribution in [-0.2, 0) is 6.54 Å². The maximum absolute atomic E-state index is 13.0. The number of nitrogens with zero attached hydrogens (tertiary/aromatic N) is 4. The maximum Gasteiger partial charge on any atom is 0.268 e. The number of ether oxygens (including phenoxy) is 2. The van der Waals surface area contributed by atoms with Gasteiger partial charge < -0.3 is 25.0 Å². The van der Waals surface area contributed by atoms with Gasteiger partial charge >= 0.3 is 0 Å². The first-order valence-corrected chi connectivity index (χ1v) is 13.0. The number of anilines is 2. The zero-order valence-electron chi connectivity index (χ0n) is 20.5. The fourth-order valence-corrected chi connectivity index (χ4v) is 4.69. The Bertz CT molecular complexity index is 1280. The Morgan fingerprint density at radius 3 is 2.68 bits per heavy atom. The van der Waals surface area contributed by atoms with E-state index in [1.165, 1.54) is 6.33 Å². The molecule has 194 valence electrons. The molecule has 9 nitrogen and oxygen atoms in total. The Hall–Kier alpha value is -3.11. The monoisotopic (exact) mass is 542 g/mol. The molecule has 0 radical (unpaired) electrons. The Kier molecular flexibility index (Phi) is 7.95. The summed E-state index contributed by atoms with van der Waals surface area (Å²) in [5.41, 5.74) is 2.02. The molecule has 2 aromatic carbocycles. The van der Waals surface area contributed by atoms with E-state index in [4.69, 9.17) is 32.7 Å². The molecule has 1 saturated heterocycles. The number of nitrogens with one attached hydrogen (secondary N) is 2. The van der Waals surface area contributed by atoms with E-state index in [9.17, 15) is 4.79 Å². The molecule has 1 amide bonds. The van der Waals surface area contributed by atoms with Crippen LogP contribution in [0.2, 0.25) is 10.0 Å². The van der Waals surface area contributed by atoms with E-state index in [1.54, 1.807) is 24.3 Å². The van der Waals surface area contributed by atoms with E-state index in [-0.39, 0.29) is 17.5 Å². The molecule has 0 saturated carbocycles. The molecule has 3 heterocycles. The van der Waals surface area contributed by atoms with Crippen molar-refractivity contribution in [3.05, 3.63) is 63.9 Å². The van der Waals surface area contributed by atoms with Crippen LogP contribution in [0.25, 0.3) is 0 Å². The highest BCUT2D eigenvalue weighted by atomic mass is 35.5. The van der Waals surface area contributed by atoms with Crippen molar-refractivity contribution >= 4 is 40.6 Å². The van der Waals surface area contributed by atoms with Gasteiger partial charge in [-0.25, -0.2) is 4.98 Å². The number of likely N-dealkylation sites (N-methyl/N-ethyl adjacent to an activating group) is 1. The van der Waals surface area contributed by atoms with Crippen molar-refractivity contribution in [2.75, 3.05) is 56.5 Å². The zero-order chi connectivity index (χ0) is 25.8. The van der Waals surface area contributed by atoms with Crippen LogP contribution >= 0.6 is 23.2 Å². The number of hydrogen-bond donors (Lipinski definition) is 2. The summed E-state index contributed by atoms with van der Waals surface area (Å²) in [7, 11) is 0. The van der Waals surface area contributed by atoms with Gasteiger partial charge in [0, 0.05) is 49.0 Å². The molecular formula is C26H28Cl2N6O3. The molecule has 0 aliphatic carbocycles. The fourth-order valence-electron chi connectivity index (χ4n) is 4.30. The summed E-state index contributed by atoms with van der Waals surface area (Å²) >= 11 is 12.9. The van der Waals surface area contributed by atoms with Gasteiger partial charge in [-0.1, -0.05) is 36.2 Å². The van der Waals surface area contributed by atoms with Gasteiger partial charge in [-0.3, -0.25) is 9.69 Å². The number of halogens is 2. The predicted octanol–water partition coefficient (Wildman–Crippen LogP) is 4.77. The SMILES string of the molecule is CCN1CCN(Cc2ccc(NC(=O)c3ccc(Cl)c(Oc4ncnc5c4OCCN5)c3)cc2Cl)CC1. The highest BCUT2D eigenvalue weighted by Crippen LogP contribution is 2.38. The number of piperazine rings is 1. The Labute approximate surface area is 225 Å². The maximum atomic E-state index is 13.0. The minimum absolute atomic E-state index is 0.218. The van der Waals surface area contributed by atoms with Gasteiger partial charge in [0.25, 0.3) is 11.8 Å². The molecule has 11 heteroatoms. The average Bonchev–Trinajstić information content (AvgIpc) is 2.92. The zero-order valence-corrected chi connectivity index (χ0v) is 22.0. The van der Waals surface area contributed by atoms with E-state index in [0.717, 1.165) is 44.8 Å². The van der Waals surface area contributed by atoms with Crippen molar-refractivity contribution in [1.82, 2.24) is 19.8 Å². The summed E-state index contributed by atoms with van der Waals surface area (Å²) in [5, 5.41) is 6.98. The van der Waals surface area contributed by atoms with E-state index >= 15 is 0 Å². The van der Waals surface area contributed by atoms with Crippen molar-refractivity contribution in [3.63, 3.8) is 0 Å². The highest BCUT2D eigenvalue weighted by molar-refractivity contribution is 6.32. The first-order chi connectivity index (χ1) is 18.0. The van der Waals surface area contributed by atoms with Crippen LogP contribution in [0.5, 0.6) is 17.4 Å². The molecule has 2 aliphatic heterocycles. The lowest BCUT2D eigenvalue weighted by Gasteiger charge is -2.34. The van der Waals surface area contributed by atoms with E-state index in [0.29, 0.717) is 46.0 Å². The quantitative estimate of drug-likeness (QED) is 0.441. The van der Waals surface area contributed by atoms with Gasteiger partial charge in [0.1, 0.15) is 18.7 Å². The molecule has 5 rings (SSSR count). The van der Waals surface area contributed by atoms with Crippen LogP contribution < -0.4 is 20.1 Å². The van der Waals surface area contributed by atoms with Gasteiger partial charge in [-0.05, 0) is 42.4 Å². The van der Waals surface area contributed by atoms with Gasteiger partial charge in [0.05, 0.1) is 11.6 Å². The lowest BCUT2D eigenvalue weighted by molar-refractivity contribution is 0.102. The van der Waals surface area contributed by atoms with Crippen molar-refractivity contribution < 1.29 is 14.3 Å². The topological polar surface area (TPSA) is 91.9 Å². The third kappa shape index (κ3) is 6.07. The van der Waals surface area contributed by atoms with Crippen LogP contribution in [0.4, 0.5) is 11.5 Å². The molecular weight excluding hydrogens is 515 g/mol. The van der Waals surface area contributed by atoms with E-state index < -0.39 is 0 Å². The largest absolute Gasteiger partial charge is 0.483 e. The highest BCUT2D eigenvalue weighted by Gasteiger charge is 2.21. The molecule has 2 N–H and O–H groups in total. The third-order valence-corrected chi connectivity index (χ3v) is 7.09. The van der Waals surface area contributed by atoms with Crippen LogP contribution in [0, 0.1) is 0 Å². The number of fused-ring (bicyclic) bond motifs is 1. The summed E-state index contributed by atoms with van der Waals surface area (Å²) in [6.45, 7) is 9.33. The van der Waals surface area contributed by atoms with Crippen molar-refractivity contribution in [3.8, 4) is 17.4 Å². The predicted molar refractivity (Wildman–Crippen MR) is 144 cm³/mol. The van der Waals surface area contributed by atoms with Crippen LogP contribution in [0.3, 0.4) is 0 Å². The number of benzene rings is 2. The second-order valence-electron chi connectivity index (χ2n) is 8.85. The lowest BCUT2D eigenvalue weighted by Crippen LogP contribution is -2.45. The molecule has 1 fully saturated rings. The van der Waals surface area contributed by atoms with Crippen molar-refractivity contribution in [1.29, 1.82) is 0 Å². The van der Waals surface area contributed by atoms with Crippen LogP contribution in [-0.4, -0.2) is 71.6 Å².